The normalized spacial score (nSPS) is 17.6. The van der Waals surface area contributed by atoms with Gasteiger partial charge >= 0.3 is 0 Å². The largest absolute Gasteiger partial charge is 0.411 e. The molecule has 1 saturated heterocycles. The van der Waals surface area contributed by atoms with E-state index in [4.69, 9.17) is 9.94 Å². The number of morpholine rings is 1. The van der Waals surface area contributed by atoms with Crippen molar-refractivity contribution < 1.29 is 14.7 Å². The Kier molecular flexibility index (Phi) is 7.58. The maximum absolute atomic E-state index is 11.0. The van der Waals surface area contributed by atoms with Gasteiger partial charge in [0.25, 0.3) is 0 Å². The van der Waals surface area contributed by atoms with E-state index in [1.807, 2.05) is 0 Å². The zero-order chi connectivity index (χ0) is 12.3. The van der Waals surface area contributed by atoms with Gasteiger partial charge in [-0.25, -0.2) is 0 Å². The zero-order valence-corrected chi connectivity index (χ0v) is 10.3. The second-order valence-electron chi connectivity index (χ2n) is 4.33. The number of carbonyl (C=O) groups is 1. The van der Waals surface area contributed by atoms with Gasteiger partial charge in [0.1, 0.15) is 6.21 Å². The predicted molar refractivity (Wildman–Crippen MR) is 65.6 cm³/mol. The number of rotatable bonds is 8. The van der Waals surface area contributed by atoms with Gasteiger partial charge in [0, 0.05) is 19.5 Å². The van der Waals surface area contributed by atoms with Crippen molar-refractivity contribution in [2.45, 2.75) is 32.1 Å². The van der Waals surface area contributed by atoms with Gasteiger partial charge in [-0.3, -0.25) is 9.69 Å². The summed E-state index contributed by atoms with van der Waals surface area (Å²) in [5.74, 6) is -0.0966. The third-order valence-electron chi connectivity index (χ3n) is 2.95. The number of hydrogen-bond acceptors (Lipinski definition) is 5. The van der Waals surface area contributed by atoms with Crippen LogP contribution in [0.1, 0.15) is 32.1 Å². The van der Waals surface area contributed by atoms with E-state index in [1.165, 1.54) is 6.42 Å². The Morgan fingerprint density at radius 2 is 1.94 bits per heavy atom. The van der Waals surface area contributed by atoms with E-state index in [-0.39, 0.29) is 5.78 Å². The SMILES string of the molecule is O=C(C=NO)CCCCCCN1CCOCC1. The van der Waals surface area contributed by atoms with Crippen LogP contribution < -0.4 is 0 Å². The minimum absolute atomic E-state index is 0.0966. The summed E-state index contributed by atoms with van der Waals surface area (Å²) in [6.45, 7) is 4.94. The molecule has 1 rings (SSSR count). The molecule has 1 aliphatic rings. The van der Waals surface area contributed by atoms with Crippen molar-refractivity contribution in [2.24, 2.45) is 5.16 Å². The Balaban J connectivity index is 1.88. The standard InChI is InChI=1S/C12H22N2O3/c15-12(11-13-16)5-3-1-2-4-6-14-7-9-17-10-8-14/h11,16H,1-10H2. The average Bonchev–Trinajstić information content (AvgIpc) is 2.35. The van der Waals surface area contributed by atoms with E-state index in [0.717, 1.165) is 58.3 Å². The summed E-state index contributed by atoms with van der Waals surface area (Å²) in [5, 5.41) is 10.9. The lowest BCUT2D eigenvalue weighted by Crippen LogP contribution is -2.36. The minimum Gasteiger partial charge on any atom is -0.411 e. The number of ketones is 1. The lowest BCUT2D eigenvalue weighted by atomic mass is 10.1. The highest BCUT2D eigenvalue weighted by Crippen LogP contribution is 2.05. The molecule has 98 valence electrons. The number of unbranched alkanes of at least 4 members (excludes halogenated alkanes) is 3. The molecule has 0 aromatic carbocycles. The summed E-state index contributed by atoms with van der Waals surface area (Å²) in [5.41, 5.74) is 0. The fourth-order valence-corrected chi connectivity index (χ4v) is 1.94. The van der Waals surface area contributed by atoms with Gasteiger partial charge in [0.15, 0.2) is 5.78 Å². The average molecular weight is 242 g/mol. The van der Waals surface area contributed by atoms with Gasteiger partial charge in [0.05, 0.1) is 13.2 Å². The molecule has 17 heavy (non-hydrogen) atoms. The lowest BCUT2D eigenvalue weighted by molar-refractivity contribution is -0.112. The van der Waals surface area contributed by atoms with Crippen LogP contribution in [0.4, 0.5) is 0 Å². The molecule has 1 aliphatic heterocycles. The lowest BCUT2D eigenvalue weighted by Gasteiger charge is -2.26. The Bertz CT molecular complexity index is 238. The number of oxime groups is 1. The smallest absolute Gasteiger partial charge is 0.177 e. The van der Waals surface area contributed by atoms with Crippen LogP contribution in [0, 0.1) is 0 Å². The molecule has 0 aliphatic carbocycles. The van der Waals surface area contributed by atoms with Crippen molar-refractivity contribution in [3.05, 3.63) is 0 Å². The molecular weight excluding hydrogens is 220 g/mol. The van der Waals surface area contributed by atoms with Gasteiger partial charge in [-0.1, -0.05) is 18.0 Å². The highest BCUT2D eigenvalue weighted by Gasteiger charge is 2.08. The van der Waals surface area contributed by atoms with Crippen LogP contribution >= 0.6 is 0 Å². The highest BCUT2D eigenvalue weighted by molar-refractivity contribution is 6.27. The summed E-state index contributed by atoms with van der Waals surface area (Å²) in [6, 6.07) is 0. The van der Waals surface area contributed by atoms with Crippen LogP contribution in [-0.2, 0) is 9.53 Å². The van der Waals surface area contributed by atoms with E-state index in [1.54, 1.807) is 0 Å². The van der Waals surface area contributed by atoms with Gasteiger partial charge in [0.2, 0.25) is 0 Å². The molecule has 0 amide bonds. The first-order valence-corrected chi connectivity index (χ1v) is 6.33. The summed E-state index contributed by atoms with van der Waals surface area (Å²) in [6.07, 6.45) is 5.75. The van der Waals surface area contributed by atoms with Crippen molar-refractivity contribution >= 4 is 12.0 Å². The molecular formula is C12H22N2O3. The van der Waals surface area contributed by atoms with E-state index in [9.17, 15) is 4.79 Å². The molecule has 0 atom stereocenters. The molecule has 1 heterocycles. The van der Waals surface area contributed by atoms with E-state index in [2.05, 4.69) is 10.1 Å². The Hall–Kier alpha value is -0.940. The van der Waals surface area contributed by atoms with Crippen molar-refractivity contribution in [3.8, 4) is 0 Å². The monoisotopic (exact) mass is 242 g/mol. The van der Waals surface area contributed by atoms with Crippen molar-refractivity contribution in [1.29, 1.82) is 0 Å². The van der Waals surface area contributed by atoms with Crippen molar-refractivity contribution in [2.75, 3.05) is 32.8 Å². The fourth-order valence-electron chi connectivity index (χ4n) is 1.94. The molecule has 5 heteroatoms. The topological polar surface area (TPSA) is 62.1 Å². The summed E-state index contributed by atoms with van der Waals surface area (Å²) in [4.78, 5) is 13.4. The van der Waals surface area contributed by atoms with E-state index >= 15 is 0 Å². The second-order valence-corrected chi connectivity index (χ2v) is 4.33. The van der Waals surface area contributed by atoms with Gasteiger partial charge < -0.3 is 9.94 Å². The number of ether oxygens (including phenoxy) is 1. The molecule has 1 N–H and O–H groups in total. The van der Waals surface area contributed by atoms with E-state index < -0.39 is 0 Å². The molecule has 0 radical (unpaired) electrons. The Morgan fingerprint density at radius 1 is 1.24 bits per heavy atom. The molecule has 0 bridgehead atoms. The molecule has 0 spiro atoms. The summed E-state index contributed by atoms with van der Waals surface area (Å²) in [7, 11) is 0. The van der Waals surface area contributed by atoms with Crippen LogP contribution in [0.2, 0.25) is 0 Å². The van der Waals surface area contributed by atoms with Crippen molar-refractivity contribution in [1.82, 2.24) is 4.90 Å². The third-order valence-corrected chi connectivity index (χ3v) is 2.95. The first kappa shape index (κ1) is 14.1. The molecule has 0 unspecified atom stereocenters. The highest BCUT2D eigenvalue weighted by atomic mass is 16.5. The zero-order valence-electron chi connectivity index (χ0n) is 10.3. The molecule has 0 aromatic rings. The van der Waals surface area contributed by atoms with Gasteiger partial charge in [-0.05, 0) is 19.4 Å². The number of nitrogens with zero attached hydrogens (tertiary/aromatic N) is 2. The Morgan fingerprint density at radius 3 is 2.65 bits per heavy atom. The third kappa shape index (κ3) is 7.07. The van der Waals surface area contributed by atoms with Crippen LogP contribution in [0.25, 0.3) is 0 Å². The summed E-state index contributed by atoms with van der Waals surface area (Å²) >= 11 is 0. The van der Waals surface area contributed by atoms with Crippen LogP contribution in [-0.4, -0.2) is 55.0 Å². The number of carbonyl (C=O) groups excluding carboxylic acids is 1. The second kappa shape index (κ2) is 9.13. The fraction of sp³-hybridized carbons (Fsp3) is 0.833. The maximum atomic E-state index is 11.0. The van der Waals surface area contributed by atoms with Gasteiger partial charge in [-0.15, -0.1) is 0 Å². The van der Waals surface area contributed by atoms with Crippen LogP contribution in [0.5, 0.6) is 0 Å². The predicted octanol–water partition coefficient (Wildman–Crippen LogP) is 1.30. The summed E-state index contributed by atoms with van der Waals surface area (Å²) < 4.78 is 5.28. The number of hydrogen-bond donors (Lipinski definition) is 1. The molecule has 0 aromatic heterocycles. The van der Waals surface area contributed by atoms with E-state index in [0.29, 0.717) is 6.42 Å². The molecule has 1 fully saturated rings. The molecule has 0 saturated carbocycles. The van der Waals surface area contributed by atoms with Crippen LogP contribution in [0.3, 0.4) is 0 Å². The van der Waals surface area contributed by atoms with Gasteiger partial charge in [-0.2, -0.15) is 0 Å². The minimum atomic E-state index is -0.0966. The Labute approximate surface area is 102 Å². The van der Waals surface area contributed by atoms with Crippen molar-refractivity contribution in [3.63, 3.8) is 0 Å². The first-order chi connectivity index (χ1) is 8.33. The quantitative estimate of drug-likeness (QED) is 0.301. The maximum Gasteiger partial charge on any atom is 0.177 e. The molecule has 5 nitrogen and oxygen atoms in total. The van der Waals surface area contributed by atoms with Crippen LogP contribution in [0.15, 0.2) is 5.16 Å². The number of Topliss-reactive ketones (excluding diaryl/α,β-unsaturated/α-hetero) is 1. The first-order valence-electron chi connectivity index (χ1n) is 6.33.